The van der Waals surface area contributed by atoms with Crippen LogP contribution in [-0.2, 0) is 30.2 Å². The normalized spacial score (nSPS) is 30.7. The molecule has 1 rings (SSSR count). The molecule has 1 aliphatic rings. The Morgan fingerprint density at radius 1 is 1.38 bits per heavy atom. The van der Waals surface area contributed by atoms with Crippen molar-refractivity contribution >= 4 is 23.1 Å². The van der Waals surface area contributed by atoms with E-state index in [1.165, 1.54) is 13.2 Å². The van der Waals surface area contributed by atoms with Crippen molar-refractivity contribution in [2.75, 3.05) is 12.0 Å². The summed E-state index contributed by atoms with van der Waals surface area (Å²) in [6, 6.07) is 0. The summed E-state index contributed by atoms with van der Waals surface area (Å²) in [5.74, 6) is -1.21. The second-order valence-electron chi connectivity index (χ2n) is 2.74. The smallest absolute Gasteiger partial charge is 0.353 e. The Hall–Kier alpha value is -0.750. The second kappa shape index (κ2) is 3.97. The fourth-order valence-electron chi connectivity index (χ4n) is 0.898. The number of hydrogen-bond acceptors (Lipinski definition) is 5. The van der Waals surface area contributed by atoms with E-state index in [-0.39, 0.29) is 5.75 Å². The molecule has 0 amide bonds. The highest BCUT2D eigenvalue weighted by Crippen LogP contribution is 2.11. The minimum absolute atomic E-state index is 0.00269. The van der Waals surface area contributed by atoms with E-state index in [2.05, 4.69) is 4.74 Å². The number of ether oxygens (including phenoxy) is 2. The molecular formula is C7H10O5S. The first-order valence-electron chi connectivity index (χ1n) is 3.71. The van der Waals surface area contributed by atoms with Gasteiger partial charge in [0.2, 0.25) is 6.10 Å². The SMILES string of the molecule is C[C@H]1OC(=O)[C@@H](C[S+](C)[O-])OC1=O. The fraction of sp³-hybridized carbons (Fsp3) is 0.714. The molecule has 5 nitrogen and oxygen atoms in total. The van der Waals surface area contributed by atoms with E-state index in [0.29, 0.717) is 0 Å². The Balaban J connectivity index is 2.56. The zero-order chi connectivity index (χ0) is 10.0. The summed E-state index contributed by atoms with van der Waals surface area (Å²) in [6.45, 7) is 1.43. The molecule has 0 aliphatic carbocycles. The fourth-order valence-corrected chi connectivity index (χ4v) is 1.53. The summed E-state index contributed by atoms with van der Waals surface area (Å²) in [4.78, 5) is 22.0. The van der Waals surface area contributed by atoms with E-state index in [9.17, 15) is 14.1 Å². The number of carbonyl (C=O) groups excluding carboxylic acids is 2. The number of carbonyl (C=O) groups is 2. The highest BCUT2D eigenvalue weighted by molar-refractivity contribution is 7.90. The van der Waals surface area contributed by atoms with Gasteiger partial charge in [-0.2, -0.15) is 0 Å². The van der Waals surface area contributed by atoms with Gasteiger partial charge in [-0.05, 0) is 6.92 Å². The Bertz CT molecular complexity index is 227. The lowest BCUT2D eigenvalue weighted by Gasteiger charge is -2.24. The molecule has 74 valence electrons. The molecule has 1 heterocycles. The first kappa shape index (κ1) is 10.3. The average molecular weight is 206 g/mol. The molecular weight excluding hydrogens is 196 g/mol. The van der Waals surface area contributed by atoms with Crippen molar-refractivity contribution in [2.24, 2.45) is 0 Å². The molecule has 0 bridgehead atoms. The van der Waals surface area contributed by atoms with Crippen LogP contribution in [-0.4, -0.2) is 40.7 Å². The van der Waals surface area contributed by atoms with E-state index >= 15 is 0 Å². The Kier molecular flexibility index (Phi) is 3.16. The molecule has 6 heteroatoms. The number of hydrogen-bond donors (Lipinski definition) is 0. The van der Waals surface area contributed by atoms with Crippen LogP contribution in [0.3, 0.4) is 0 Å². The van der Waals surface area contributed by atoms with Crippen molar-refractivity contribution in [1.82, 2.24) is 0 Å². The Labute approximate surface area is 78.6 Å². The van der Waals surface area contributed by atoms with Gasteiger partial charge < -0.3 is 14.0 Å². The minimum atomic E-state index is -1.19. The highest BCUT2D eigenvalue weighted by atomic mass is 32.2. The van der Waals surface area contributed by atoms with Gasteiger partial charge >= 0.3 is 11.9 Å². The zero-order valence-corrected chi connectivity index (χ0v) is 8.13. The lowest BCUT2D eigenvalue weighted by atomic mass is 10.3. The molecule has 1 saturated heterocycles. The van der Waals surface area contributed by atoms with Gasteiger partial charge in [0.15, 0.2) is 11.9 Å². The lowest BCUT2D eigenvalue weighted by Crippen LogP contribution is -2.45. The first-order chi connectivity index (χ1) is 6.00. The van der Waals surface area contributed by atoms with Gasteiger partial charge in [0, 0.05) is 0 Å². The van der Waals surface area contributed by atoms with Crippen LogP contribution in [0.4, 0.5) is 0 Å². The van der Waals surface area contributed by atoms with Crippen molar-refractivity contribution in [3.8, 4) is 0 Å². The van der Waals surface area contributed by atoms with Crippen LogP contribution < -0.4 is 0 Å². The quantitative estimate of drug-likeness (QED) is 0.437. The Morgan fingerprint density at radius 3 is 2.54 bits per heavy atom. The summed E-state index contributed by atoms with van der Waals surface area (Å²) >= 11 is -1.19. The second-order valence-corrected chi connectivity index (χ2v) is 4.22. The third-order valence-corrected chi connectivity index (χ3v) is 2.30. The van der Waals surface area contributed by atoms with Crippen LogP contribution in [0.15, 0.2) is 0 Å². The third-order valence-electron chi connectivity index (χ3n) is 1.53. The van der Waals surface area contributed by atoms with Gasteiger partial charge in [0.25, 0.3) is 0 Å². The molecule has 13 heavy (non-hydrogen) atoms. The summed E-state index contributed by atoms with van der Waals surface area (Å²) in [5, 5.41) is 0. The number of rotatable bonds is 2. The van der Waals surface area contributed by atoms with Gasteiger partial charge in [-0.3, -0.25) is 0 Å². The van der Waals surface area contributed by atoms with Crippen molar-refractivity contribution < 1.29 is 23.6 Å². The molecule has 1 fully saturated rings. The predicted molar refractivity (Wildman–Crippen MR) is 44.4 cm³/mol. The largest absolute Gasteiger partial charge is 0.616 e. The monoisotopic (exact) mass is 206 g/mol. The first-order valence-corrected chi connectivity index (χ1v) is 5.44. The number of cyclic esters (lactones) is 2. The average Bonchev–Trinajstić information content (AvgIpc) is 1.99. The molecule has 3 atom stereocenters. The molecule has 0 saturated carbocycles. The predicted octanol–water partition coefficient (Wildman–Crippen LogP) is -0.778. The molecule has 1 aliphatic heterocycles. The van der Waals surface area contributed by atoms with Crippen LogP contribution in [0.1, 0.15) is 6.92 Å². The van der Waals surface area contributed by atoms with E-state index in [1.807, 2.05) is 0 Å². The Morgan fingerprint density at radius 2 is 2.00 bits per heavy atom. The maximum atomic E-state index is 11.1. The van der Waals surface area contributed by atoms with Gasteiger partial charge in [0.1, 0.15) is 0 Å². The van der Waals surface area contributed by atoms with Gasteiger partial charge in [-0.1, -0.05) is 11.2 Å². The topological polar surface area (TPSA) is 75.7 Å². The van der Waals surface area contributed by atoms with Crippen molar-refractivity contribution in [1.29, 1.82) is 0 Å². The van der Waals surface area contributed by atoms with Crippen LogP contribution in [0, 0.1) is 0 Å². The lowest BCUT2D eigenvalue weighted by molar-refractivity contribution is -0.191. The minimum Gasteiger partial charge on any atom is -0.616 e. The van der Waals surface area contributed by atoms with Crippen molar-refractivity contribution in [3.05, 3.63) is 0 Å². The van der Waals surface area contributed by atoms with Crippen LogP contribution in [0.25, 0.3) is 0 Å². The van der Waals surface area contributed by atoms with E-state index < -0.39 is 35.3 Å². The summed E-state index contributed by atoms with van der Waals surface area (Å²) in [5.41, 5.74) is 0. The van der Waals surface area contributed by atoms with E-state index in [4.69, 9.17) is 4.74 Å². The molecule has 1 unspecified atom stereocenters. The molecule has 0 radical (unpaired) electrons. The van der Waals surface area contributed by atoms with Crippen LogP contribution >= 0.6 is 0 Å². The van der Waals surface area contributed by atoms with Gasteiger partial charge in [-0.25, -0.2) is 9.59 Å². The molecule has 0 spiro atoms. The molecule has 0 aromatic heterocycles. The van der Waals surface area contributed by atoms with Gasteiger partial charge in [0.05, 0.1) is 6.26 Å². The standard InChI is InChI=1S/C7H10O5S/c1-4-6(8)12-5(3-13(2)10)7(9)11-4/h4-5H,3H2,1-2H3/t4-,5-,13?/m1/s1. The highest BCUT2D eigenvalue weighted by Gasteiger charge is 2.37. The number of esters is 2. The van der Waals surface area contributed by atoms with E-state index in [0.717, 1.165) is 0 Å². The summed E-state index contributed by atoms with van der Waals surface area (Å²) in [7, 11) is 0. The third kappa shape index (κ3) is 2.60. The summed E-state index contributed by atoms with van der Waals surface area (Å²) in [6.07, 6.45) is -0.428. The molecule has 0 aromatic carbocycles. The van der Waals surface area contributed by atoms with Crippen LogP contribution in [0.5, 0.6) is 0 Å². The molecule has 0 N–H and O–H groups in total. The maximum absolute atomic E-state index is 11.1. The maximum Gasteiger partial charge on any atom is 0.353 e. The van der Waals surface area contributed by atoms with Crippen LogP contribution in [0.2, 0.25) is 0 Å². The van der Waals surface area contributed by atoms with Crippen molar-refractivity contribution in [2.45, 2.75) is 19.1 Å². The van der Waals surface area contributed by atoms with Crippen molar-refractivity contribution in [3.63, 3.8) is 0 Å². The van der Waals surface area contributed by atoms with Gasteiger partial charge in [-0.15, -0.1) is 0 Å². The van der Waals surface area contributed by atoms with E-state index in [1.54, 1.807) is 0 Å². The summed E-state index contributed by atoms with van der Waals surface area (Å²) < 4.78 is 20.1. The zero-order valence-electron chi connectivity index (χ0n) is 7.31. The molecule has 0 aromatic rings.